The fraction of sp³-hybridized carbons (Fsp3) is 0.583. The zero-order valence-electron chi connectivity index (χ0n) is 63.5. The molecule has 114 heavy (non-hydrogen) atoms. The summed E-state index contributed by atoms with van der Waals surface area (Å²) in [5, 5.41) is 50.0. The van der Waals surface area contributed by atoms with E-state index in [1.54, 1.807) is 23.6 Å². The minimum absolute atomic E-state index is 0.0367. The number of rotatable bonds is 27. The second-order valence-electron chi connectivity index (χ2n) is 26.6. The quantitative estimate of drug-likeness (QED) is 0.0125. The molecule has 0 aromatic heterocycles. The maximum Gasteiger partial charge on any atom is 0.410 e. The Labute approximate surface area is 654 Å². The van der Waals surface area contributed by atoms with Crippen LogP contribution in [0.1, 0.15) is 128 Å². The number of carbonyl (C=O) groups is 6. The highest BCUT2D eigenvalue weighted by molar-refractivity contribution is 6.25. The van der Waals surface area contributed by atoms with Gasteiger partial charge in [0.25, 0.3) is 0 Å². The molecule has 6 aliphatic rings. The fourth-order valence-corrected chi connectivity index (χ4v) is 13.4. The Kier molecular flexibility index (Phi) is 41.5. The Morgan fingerprint density at radius 2 is 0.781 bits per heavy atom. The lowest BCUT2D eigenvalue weighted by molar-refractivity contribution is -0.265. The molecule has 4 aromatic rings. The lowest BCUT2D eigenvalue weighted by Crippen LogP contribution is -2.61. The molecule has 4 saturated carbocycles. The zero-order chi connectivity index (χ0) is 83.5. The van der Waals surface area contributed by atoms with Crippen LogP contribution < -0.4 is 0 Å². The van der Waals surface area contributed by atoms with Crippen LogP contribution in [0.4, 0.5) is 23.1 Å². The minimum atomic E-state index is -1.40. The van der Waals surface area contributed by atoms with Crippen molar-refractivity contribution in [2.75, 3.05) is 6.61 Å². The van der Waals surface area contributed by atoms with E-state index in [0.717, 1.165) is 75.6 Å². The van der Waals surface area contributed by atoms with Crippen molar-refractivity contribution >= 4 is 43.6 Å². The molecule has 3 N–H and O–H groups in total. The number of hydrogen-bond donors (Lipinski definition) is 3. The molecule has 2 heterocycles. The number of esters is 4. The van der Waals surface area contributed by atoms with Gasteiger partial charge in [0.05, 0.1) is 60.5 Å². The first kappa shape index (κ1) is 93.4. The number of benzene rings is 4. The maximum absolute atomic E-state index is 14.0. The molecular weight excluding hydrogens is 1500 g/mol. The summed E-state index contributed by atoms with van der Waals surface area (Å²) in [6.45, 7) is 9.09. The van der Waals surface area contributed by atoms with Gasteiger partial charge in [-0.3, -0.25) is 29.0 Å². The van der Waals surface area contributed by atoms with E-state index in [0.29, 0.717) is 46.1 Å². The SMILES string of the molecule is CC(=O)O[C@@H]1[C@@H](OC(C)=O)[C@H](N=[N+]=[N-])C[C@H](N=[N+]=[N-])[C@H]1O[C@H]1O[C@H]([C@H](C2CC2)N(Cc2ccccc2)C(=O)OCc2ccccc2)CCC1N=[N+]=[N-].CC(=O)O[C@@H]1[C@@H](OC(C)=O)[C@H](O)[C@@H](N=[N+]=[N-])C[C@H]1N=[N+]=[N-].CCO.CC[B]F.FF.[N-]=[N+]=NC1CC[C@@H]([C@H](C2CC2)N(Cc2ccccc2)C(=O)OCc2ccccc2)OC1O. The Morgan fingerprint density at radius 1 is 0.465 bits per heavy atom. The number of hydrogen-bond acceptors (Lipinski definition) is 24. The molecule has 6 fully saturated rings. The van der Waals surface area contributed by atoms with Crippen LogP contribution in [0.2, 0.25) is 6.32 Å². The van der Waals surface area contributed by atoms with E-state index >= 15 is 0 Å². The highest BCUT2D eigenvalue weighted by atomic mass is 20.0. The third kappa shape index (κ3) is 30.4. The van der Waals surface area contributed by atoms with Crippen molar-refractivity contribution in [2.24, 2.45) is 42.5 Å². The van der Waals surface area contributed by atoms with Gasteiger partial charge in [-0.1, -0.05) is 159 Å². The van der Waals surface area contributed by atoms with Gasteiger partial charge in [-0.15, -0.1) is 0 Å². The topological polar surface area (TPSA) is 545 Å². The van der Waals surface area contributed by atoms with Gasteiger partial charge in [0.2, 0.25) is 0 Å². The molecule has 2 saturated heterocycles. The number of carbonyl (C=O) groups excluding carboxylic acids is 6. The standard InChI is InChI=1S/C34H40N10O8.C24H28N4O4.C10H14N6O5.C2H5BF.C2H6O.F2/c1-20(45)49-30-26(39-42-36)17-27(40-43-37)31(32(30)50-21(2)46)52-33-25(38-41-35)15-16-28(51-33)29(24-13-14-24)44(18-22-9-5-3-6-10-22)34(47)48-19-23-11-7-4-8-12-23;25-27-26-20-13-14-21(32-23(20)29)22(19-11-12-19)28(15-17-7-3-1-4-8-17)24(30)31-16-18-9-5-2-6-10-18;1-4(17)20-9-7(14-16-12)3-6(13-15-11)8(19)10(9)21-5(2)18;1-2-3-4;1-2-3;1-2/h3-12,24-33H,13-19H2,1-2H3;1-10,19-23,29H,11-16H2;6-10,19H,3H2,1-2H3;2H2,1H3;3H,2H2,1H3;/t25?,26-,27+,28+,29+,30+,31-,32-,33-;20?,21-,22-,23?;6-,7+,8+,9-,10-;;;/m100.../s1. The summed E-state index contributed by atoms with van der Waals surface area (Å²) in [4.78, 5) is 94.3. The minimum Gasteiger partial charge on any atom is -0.458 e. The second kappa shape index (κ2) is 50.7. The molecule has 18 atom stereocenters. The zero-order valence-corrected chi connectivity index (χ0v) is 63.5. The molecule has 4 aliphatic carbocycles. The van der Waals surface area contributed by atoms with Crippen LogP contribution in [0.3, 0.4) is 0 Å². The number of amides is 2. The summed E-state index contributed by atoms with van der Waals surface area (Å²) < 4.78 is 78.1. The van der Waals surface area contributed by atoms with Crippen LogP contribution in [0.5, 0.6) is 0 Å². The normalized spacial score (nSPS) is 25.3. The van der Waals surface area contributed by atoms with E-state index < -0.39 is 134 Å². The smallest absolute Gasteiger partial charge is 0.410 e. The molecule has 42 heteroatoms. The Morgan fingerprint density at radius 3 is 1.15 bits per heavy atom. The lowest BCUT2D eigenvalue weighted by Gasteiger charge is -2.46. The molecule has 3 unspecified atom stereocenters. The first-order valence-electron chi connectivity index (χ1n) is 36.6. The monoisotopic (exact) mass is 1590 g/mol. The average molecular weight is 1590 g/mol. The van der Waals surface area contributed by atoms with E-state index in [2.05, 4.69) is 60.2 Å². The first-order chi connectivity index (χ1) is 55.1. The highest BCUT2D eigenvalue weighted by Gasteiger charge is 2.54. The van der Waals surface area contributed by atoms with Crippen LogP contribution in [0, 0.1) is 11.8 Å². The van der Waals surface area contributed by atoms with Crippen LogP contribution in [-0.2, 0) is 88.1 Å². The van der Waals surface area contributed by atoms with Crippen LogP contribution in [0.15, 0.2) is 152 Å². The lowest BCUT2D eigenvalue weighted by atomic mass is 9.84. The van der Waals surface area contributed by atoms with E-state index in [4.69, 9.17) is 73.5 Å². The molecule has 38 nitrogen and oxygen atoms in total. The number of azide groups is 6. The van der Waals surface area contributed by atoms with Crippen molar-refractivity contribution in [3.63, 3.8) is 0 Å². The van der Waals surface area contributed by atoms with E-state index in [9.17, 15) is 59.9 Å². The molecule has 1 radical (unpaired) electrons. The predicted octanol–water partition coefficient (Wildman–Crippen LogP) is 14.4. The number of aliphatic hydroxyl groups excluding tert-OH is 3. The summed E-state index contributed by atoms with van der Waals surface area (Å²) in [5.41, 5.74) is 57.6. The summed E-state index contributed by atoms with van der Waals surface area (Å²) in [7, 11) is 0.625. The van der Waals surface area contributed by atoms with Gasteiger partial charge in [-0.25, -0.2) is 9.59 Å². The fourth-order valence-electron chi connectivity index (χ4n) is 13.4. The van der Waals surface area contributed by atoms with Crippen molar-refractivity contribution < 1.29 is 100 Å². The van der Waals surface area contributed by atoms with E-state index in [1.807, 2.05) is 121 Å². The van der Waals surface area contributed by atoms with Gasteiger partial charge in [-0.05, 0) is 145 Å². The van der Waals surface area contributed by atoms with Gasteiger partial charge in [0.15, 0.2) is 24.8 Å². The van der Waals surface area contributed by atoms with E-state index in [1.165, 1.54) is 0 Å². The Hall–Kier alpha value is -11.2. The number of halogens is 3. The van der Waals surface area contributed by atoms with Crippen LogP contribution in [0.25, 0.3) is 62.7 Å². The highest BCUT2D eigenvalue weighted by Crippen LogP contribution is 2.45. The molecule has 0 bridgehead atoms. The third-order valence-corrected chi connectivity index (χ3v) is 18.4. The Bertz CT molecular complexity index is 3960. The van der Waals surface area contributed by atoms with Gasteiger partial charge in [-0.2, -0.15) is 0 Å². The van der Waals surface area contributed by atoms with Gasteiger partial charge < -0.3 is 62.3 Å². The van der Waals surface area contributed by atoms with Gasteiger partial charge in [0.1, 0.15) is 37.6 Å². The average Bonchev–Trinajstić information content (AvgIpc) is 1.75. The van der Waals surface area contributed by atoms with Crippen molar-refractivity contribution in [3.05, 3.63) is 206 Å². The summed E-state index contributed by atoms with van der Waals surface area (Å²) in [6, 6.07) is 32.0. The summed E-state index contributed by atoms with van der Waals surface area (Å²) in [6.07, 6.45) is -6.30. The third-order valence-electron chi connectivity index (χ3n) is 18.4. The number of nitrogens with zero attached hydrogens (tertiary/aromatic N) is 20. The maximum atomic E-state index is 14.0. The van der Waals surface area contributed by atoms with Crippen molar-refractivity contribution in [2.45, 2.75) is 248 Å². The molecular formula is C72H93BF3N20O18. The molecule has 2 amide bonds. The molecule has 2 aliphatic heterocycles. The first-order valence-corrected chi connectivity index (χ1v) is 36.6. The van der Waals surface area contributed by atoms with Crippen molar-refractivity contribution in [3.8, 4) is 0 Å². The van der Waals surface area contributed by atoms with Crippen LogP contribution in [-0.4, -0.2) is 185 Å². The Balaban J connectivity index is 0.000000317. The summed E-state index contributed by atoms with van der Waals surface area (Å²) in [5.74, 6) is -2.57. The number of aliphatic hydroxyl groups is 3. The van der Waals surface area contributed by atoms with E-state index in [-0.39, 0.29) is 63.2 Å². The summed E-state index contributed by atoms with van der Waals surface area (Å²) >= 11 is 0. The molecule has 10 rings (SSSR count). The predicted molar refractivity (Wildman–Crippen MR) is 401 cm³/mol. The molecule has 4 aromatic carbocycles. The molecule has 613 valence electrons. The van der Waals surface area contributed by atoms with Crippen molar-refractivity contribution in [1.29, 1.82) is 0 Å². The van der Waals surface area contributed by atoms with Crippen LogP contribution >= 0.6 is 0 Å². The molecule has 0 spiro atoms. The second-order valence-corrected chi connectivity index (χ2v) is 26.6. The van der Waals surface area contributed by atoms with Crippen molar-refractivity contribution in [1.82, 2.24) is 9.80 Å². The van der Waals surface area contributed by atoms with Gasteiger partial charge in [0, 0.05) is 86.0 Å². The van der Waals surface area contributed by atoms with Gasteiger partial charge >= 0.3 is 43.6 Å². The number of ether oxygens (including phenoxy) is 9. The largest absolute Gasteiger partial charge is 0.458 e.